The summed E-state index contributed by atoms with van der Waals surface area (Å²) >= 11 is 3.49. The molecule has 0 amide bonds. The van der Waals surface area contributed by atoms with Crippen LogP contribution >= 0.6 is 15.9 Å². The van der Waals surface area contributed by atoms with E-state index in [0.29, 0.717) is 12.3 Å². The molecule has 0 heterocycles. The van der Waals surface area contributed by atoms with Crippen LogP contribution in [0.15, 0.2) is 52.1 Å². The first-order valence-corrected chi connectivity index (χ1v) is 7.17. The van der Waals surface area contributed by atoms with Gasteiger partial charge in [-0.15, -0.1) is 0 Å². The average molecular weight is 350 g/mol. The van der Waals surface area contributed by atoms with Crippen LogP contribution in [0.3, 0.4) is 0 Å². The normalized spacial score (nSPS) is 11.3. The third kappa shape index (κ3) is 3.98. The molecule has 5 heteroatoms. The second kappa shape index (κ2) is 7.13. The lowest BCUT2D eigenvalue weighted by Crippen LogP contribution is -1.98. The molecule has 2 aromatic carbocycles. The zero-order chi connectivity index (χ0) is 15.2. The highest BCUT2D eigenvalue weighted by Gasteiger charge is 2.04. The lowest BCUT2D eigenvalue weighted by Gasteiger charge is -2.10. The van der Waals surface area contributed by atoms with Gasteiger partial charge >= 0.3 is 0 Å². The van der Waals surface area contributed by atoms with Gasteiger partial charge in [0.1, 0.15) is 18.1 Å². The Morgan fingerprint density at radius 2 is 1.81 bits per heavy atom. The highest BCUT2D eigenvalue weighted by molar-refractivity contribution is 9.10. The van der Waals surface area contributed by atoms with Crippen LogP contribution in [0.5, 0.6) is 11.5 Å². The molecule has 1 N–H and O–H groups in total. The summed E-state index contributed by atoms with van der Waals surface area (Å²) in [5, 5.41) is 11.9. The standard InChI is InChI=1S/C16H16BrNO3/c1-11(18-19)12-3-5-14(6-4-12)21-10-13-9-15(20-2)7-8-16(13)17/h3-9,19H,10H2,1-2H3. The lowest BCUT2D eigenvalue weighted by molar-refractivity contribution is 0.304. The Morgan fingerprint density at radius 1 is 1.14 bits per heavy atom. The Kier molecular flexibility index (Phi) is 5.22. The van der Waals surface area contributed by atoms with E-state index in [9.17, 15) is 0 Å². The van der Waals surface area contributed by atoms with Crippen molar-refractivity contribution in [3.63, 3.8) is 0 Å². The summed E-state index contributed by atoms with van der Waals surface area (Å²) in [6.07, 6.45) is 0. The average Bonchev–Trinajstić information content (AvgIpc) is 2.54. The van der Waals surface area contributed by atoms with Crippen molar-refractivity contribution in [2.75, 3.05) is 7.11 Å². The van der Waals surface area contributed by atoms with Gasteiger partial charge in [0.25, 0.3) is 0 Å². The molecule has 21 heavy (non-hydrogen) atoms. The first kappa shape index (κ1) is 15.4. The summed E-state index contributed by atoms with van der Waals surface area (Å²) in [5.41, 5.74) is 2.43. The minimum absolute atomic E-state index is 0.435. The van der Waals surface area contributed by atoms with Crippen molar-refractivity contribution in [1.82, 2.24) is 0 Å². The number of benzene rings is 2. The van der Waals surface area contributed by atoms with Gasteiger partial charge < -0.3 is 14.7 Å². The Labute approximate surface area is 132 Å². The maximum absolute atomic E-state index is 8.73. The van der Waals surface area contributed by atoms with Crippen LogP contribution in [0, 0.1) is 0 Å². The fourth-order valence-corrected chi connectivity index (χ4v) is 2.16. The third-order valence-corrected chi connectivity index (χ3v) is 3.84. The van der Waals surface area contributed by atoms with Crippen LogP contribution in [0.1, 0.15) is 18.1 Å². The van der Waals surface area contributed by atoms with Gasteiger partial charge in [-0.3, -0.25) is 0 Å². The maximum atomic E-state index is 8.73. The molecule has 110 valence electrons. The van der Waals surface area contributed by atoms with E-state index in [1.54, 1.807) is 14.0 Å². The van der Waals surface area contributed by atoms with Crippen molar-refractivity contribution in [3.05, 3.63) is 58.1 Å². The molecular formula is C16H16BrNO3. The number of nitrogens with zero attached hydrogens (tertiary/aromatic N) is 1. The SMILES string of the molecule is COc1ccc(Br)c(COc2ccc(C(C)=NO)cc2)c1. The van der Waals surface area contributed by atoms with E-state index >= 15 is 0 Å². The van der Waals surface area contributed by atoms with E-state index in [4.69, 9.17) is 14.7 Å². The quantitative estimate of drug-likeness (QED) is 0.499. The highest BCUT2D eigenvalue weighted by Crippen LogP contribution is 2.24. The van der Waals surface area contributed by atoms with Gasteiger partial charge in [-0.1, -0.05) is 21.1 Å². The van der Waals surface area contributed by atoms with Crippen molar-refractivity contribution < 1.29 is 14.7 Å². The van der Waals surface area contributed by atoms with E-state index in [1.807, 2.05) is 42.5 Å². The summed E-state index contributed by atoms with van der Waals surface area (Å²) in [5.74, 6) is 1.54. The van der Waals surface area contributed by atoms with Gasteiger partial charge in [-0.2, -0.15) is 0 Å². The molecule has 2 aromatic rings. The van der Waals surface area contributed by atoms with Crippen molar-refractivity contribution in [3.8, 4) is 11.5 Å². The number of hydrogen-bond donors (Lipinski definition) is 1. The highest BCUT2D eigenvalue weighted by atomic mass is 79.9. The van der Waals surface area contributed by atoms with Gasteiger partial charge in [0.05, 0.1) is 12.8 Å². The Hall–Kier alpha value is -2.01. The van der Waals surface area contributed by atoms with Crippen LogP contribution < -0.4 is 9.47 Å². The molecule has 2 rings (SSSR count). The topological polar surface area (TPSA) is 51.0 Å². The minimum Gasteiger partial charge on any atom is -0.497 e. The molecule has 0 bridgehead atoms. The van der Waals surface area contributed by atoms with Crippen molar-refractivity contribution in [2.24, 2.45) is 5.16 Å². The second-order valence-corrected chi connectivity index (χ2v) is 5.31. The van der Waals surface area contributed by atoms with Gasteiger partial charge in [0.15, 0.2) is 0 Å². The summed E-state index contributed by atoms with van der Waals surface area (Å²) in [7, 11) is 1.64. The van der Waals surface area contributed by atoms with E-state index in [2.05, 4.69) is 21.1 Å². The van der Waals surface area contributed by atoms with E-state index < -0.39 is 0 Å². The fourth-order valence-electron chi connectivity index (χ4n) is 1.80. The van der Waals surface area contributed by atoms with Gasteiger partial charge in [-0.05, 0) is 55.0 Å². The maximum Gasteiger partial charge on any atom is 0.119 e. The van der Waals surface area contributed by atoms with Crippen molar-refractivity contribution >= 4 is 21.6 Å². The van der Waals surface area contributed by atoms with Crippen LogP contribution in [0.4, 0.5) is 0 Å². The number of ether oxygens (including phenoxy) is 2. The molecule has 0 atom stereocenters. The molecule has 0 unspecified atom stereocenters. The number of rotatable bonds is 5. The molecule has 0 radical (unpaired) electrons. The Balaban J connectivity index is 2.06. The van der Waals surface area contributed by atoms with Gasteiger partial charge in [-0.25, -0.2) is 0 Å². The van der Waals surface area contributed by atoms with Gasteiger partial charge in [0.2, 0.25) is 0 Å². The molecule has 0 aliphatic carbocycles. The van der Waals surface area contributed by atoms with E-state index in [1.165, 1.54) is 0 Å². The van der Waals surface area contributed by atoms with Crippen LogP contribution in [-0.2, 0) is 6.61 Å². The second-order valence-electron chi connectivity index (χ2n) is 4.46. The van der Waals surface area contributed by atoms with Crippen LogP contribution in [0.2, 0.25) is 0 Å². The molecule has 0 aromatic heterocycles. The predicted molar refractivity (Wildman–Crippen MR) is 85.5 cm³/mol. The number of oxime groups is 1. The van der Waals surface area contributed by atoms with Crippen LogP contribution in [-0.4, -0.2) is 18.0 Å². The first-order valence-electron chi connectivity index (χ1n) is 6.38. The molecule has 4 nitrogen and oxygen atoms in total. The summed E-state index contributed by atoms with van der Waals surface area (Å²) in [6, 6.07) is 13.1. The van der Waals surface area contributed by atoms with E-state index in [0.717, 1.165) is 27.1 Å². The molecule has 0 aliphatic rings. The lowest BCUT2D eigenvalue weighted by atomic mass is 10.1. The molecule has 0 saturated heterocycles. The first-order chi connectivity index (χ1) is 10.1. The summed E-state index contributed by atoms with van der Waals surface area (Å²) in [6.45, 7) is 2.17. The Morgan fingerprint density at radius 3 is 2.43 bits per heavy atom. The molecular weight excluding hydrogens is 334 g/mol. The van der Waals surface area contributed by atoms with Crippen LogP contribution in [0.25, 0.3) is 0 Å². The van der Waals surface area contributed by atoms with Crippen molar-refractivity contribution in [2.45, 2.75) is 13.5 Å². The predicted octanol–water partition coefficient (Wildman–Crippen LogP) is 4.23. The largest absolute Gasteiger partial charge is 0.497 e. The summed E-state index contributed by atoms with van der Waals surface area (Å²) in [4.78, 5) is 0. The van der Waals surface area contributed by atoms with E-state index in [-0.39, 0.29) is 0 Å². The monoisotopic (exact) mass is 349 g/mol. The fraction of sp³-hybridized carbons (Fsp3) is 0.188. The van der Waals surface area contributed by atoms with Crippen molar-refractivity contribution in [1.29, 1.82) is 0 Å². The molecule has 0 aliphatic heterocycles. The number of halogens is 1. The third-order valence-electron chi connectivity index (χ3n) is 3.07. The Bertz CT molecular complexity index is 638. The zero-order valence-electron chi connectivity index (χ0n) is 11.8. The summed E-state index contributed by atoms with van der Waals surface area (Å²) < 4.78 is 11.9. The number of methoxy groups -OCH3 is 1. The van der Waals surface area contributed by atoms with Gasteiger partial charge in [0, 0.05) is 10.0 Å². The smallest absolute Gasteiger partial charge is 0.119 e. The minimum atomic E-state index is 0.435. The molecule has 0 saturated carbocycles. The zero-order valence-corrected chi connectivity index (χ0v) is 13.4. The number of hydrogen-bond acceptors (Lipinski definition) is 4. The molecule has 0 fully saturated rings. The molecule has 0 spiro atoms.